The van der Waals surface area contributed by atoms with Gasteiger partial charge in [-0.05, 0) is 29.5 Å². The Morgan fingerprint density at radius 2 is 1.76 bits per heavy atom. The zero-order valence-electron chi connectivity index (χ0n) is 9.38. The fraction of sp³-hybridized carbons (Fsp3) is 0.0714. The van der Waals surface area contributed by atoms with E-state index in [1.807, 2.05) is 48.7 Å². The van der Waals surface area contributed by atoms with Crippen molar-refractivity contribution in [2.24, 2.45) is 0 Å². The second kappa shape index (κ2) is 5.06. The minimum Gasteiger partial charge on any atom is -0.478 e. The van der Waals surface area contributed by atoms with Gasteiger partial charge in [0.25, 0.3) is 0 Å². The van der Waals surface area contributed by atoms with Gasteiger partial charge in [0, 0.05) is 4.90 Å². The Hall–Kier alpha value is -1.74. The monoisotopic (exact) mass is 244 g/mol. The van der Waals surface area contributed by atoms with Gasteiger partial charge in [0.05, 0.1) is 5.56 Å². The van der Waals surface area contributed by atoms with Crippen LogP contribution in [-0.2, 0) is 0 Å². The summed E-state index contributed by atoms with van der Waals surface area (Å²) in [6, 6.07) is 15.3. The standard InChI is InChI=1S/C14H12O2S/c1-17-13-8-7-11(9-12(13)14(15)16)10-5-3-2-4-6-10/h2-9H,1H3,(H,15,16). The van der Waals surface area contributed by atoms with Crippen molar-refractivity contribution in [1.82, 2.24) is 0 Å². The molecule has 2 aromatic rings. The highest BCUT2D eigenvalue weighted by molar-refractivity contribution is 7.98. The molecule has 0 unspecified atom stereocenters. The first-order valence-electron chi connectivity index (χ1n) is 5.19. The molecule has 0 aromatic heterocycles. The summed E-state index contributed by atoms with van der Waals surface area (Å²) in [4.78, 5) is 11.9. The molecule has 0 bridgehead atoms. The Bertz CT molecular complexity index is 535. The van der Waals surface area contributed by atoms with Gasteiger partial charge in [-0.3, -0.25) is 0 Å². The van der Waals surface area contributed by atoms with Gasteiger partial charge in [0.15, 0.2) is 0 Å². The van der Waals surface area contributed by atoms with Gasteiger partial charge in [0.2, 0.25) is 0 Å². The lowest BCUT2D eigenvalue weighted by Gasteiger charge is -2.06. The smallest absolute Gasteiger partial charge is 0.336 e. The summed E-state index contributed by atoms with van der Waals surface area (Å²) >= 11 is 1.45. The second-order valence-corrected chi connectivity index (χ2v) is 4.43. The van der Waals surface area contributed by atoms with E-state index in [-0.39, 0.29) is 0 Å². The summed E-state index contributed by atoms with van der Waals surface area (Å²) in [6.45, 7) is 0. The minimum absolute atomic E-state index is 0.360. The van der Waals surface area contributed by atoms with E-state index in [4.69, 9.17) is 5.11 Å². The molecule has 0 radical (unpaired) electrons. The largest absolute Gasteiger partial charge is 0.478 e. The molecule has 0 amide bonds. The van der Waals surface area contributed by atoms with Crippen LogP contribution in [0.25, 0.3) is 11.1 Å². The number of aromatic carboxylic acids is 1. The molecule has 0 saturated heterocycles. The highest BCUT2D eigenvalue weighted by Gasteiger charge is 2.10. The number of benzene rings is 2. The van der Waals surface area contributed by atoms with Crippen molar-refractivity contribution in [1.29, 1.82) is 0 Å². The van der Waals surface area contributed by atoms with Crippen LogP contribution >= 0.6 is 11.8 Å². The van der Waals surface area contributed by atoms with Crippen molar-refractivity contribution in [3.05, 3.63) is 54.1 Å². The van der Waals surface area contributed by atoms with Crippen LogP contribution in [0.4, 0.5) is 0 Å². The summed E-state index contributed by atoms with van der Waals surface area (Å²) in [5.74, 6) is -0.882. The summed E-state index contributed by atoms with van der Waals surface area (Å²) < 4.78 is 0. The van der Waals surface area contributed by atoms with E-state index < -0.39 is 5.97 Å². The molecule has 3 heteroatoms. The molecule has 0 aliphatic carbocycles. The van der Waals surface area contributed by atoms with Crippen LogP contribution in [0.2, 0.25) is 0 Å². The fourth-order valence-corrected chi connectivity index (χ4v) is 2.26. The van der Waals surface area contributed by atoms with Gasteiger partial charge in [-0.25, -0.2) is 4.79 Å². The van der Waals surface area contributed by atoms with Crippen molar-refractivity contribution in [3.8, 4) is 11.1 Å². The number of hydrogen-bond donors (Lipinski definition) is 1. The molecule has 86 valence electrons. The van der Waals surface area contributed by atoms with Gasteiger partial charge in [-0.15, -0.1) is 11.8 Å². The minimum atomic E-state index is -0.882. The first-order chi connectivity index (χ1) is 8.22. The molecular formula is C14H12O2S. The topological polar surface area (TPSA) is 37.3 Å². The third kappa shape index (κ3) is 2.50. The Morgan fingerprint density at radius 3 is 2.35 bits per heavy atom. The van der Waals surface area contributed by atoms with E-state index in [1.54, 1.807) is 6.07 Å². The molecular weight excluding hydrogens is 232 g/mol. The first-order valence-corrected chi connectivity index (χ1v) is 6.41. The van der Waals surface area contributed by atoms with Gasteiger partial charge in [-0.1, -0.05) is 36.4 Å². The molecule has 0 heterocycles. The van der Waals surface area contributed by atoms with Crippen LogP contribution in [0.3, 0.4) is 0 Å². The summed E-state index contributed by atoms with van der Waals surface area (Å²) in [5, 5.41) is 9.15. The summed E-state index contributed by atoms with van der Waals surface area (Å²) in [6.07, 6.45) is 1.88. The van der Waals surface area contributed by atoms with Crippen LogP contribution < -0.4 is 0 Å². The molecule has 2 rings (SSSR count). The third-order valence-corrected chi connectivity index (χ3v) is 3.33. The van der Waals surface area contributed by atoms with Crippen molar-refractivity contribution in [3.63, 3.8) is 0 Å². The number of carboxylic acids is 1. The first kappa shape index (κ1) is 11.7. The van der Waals surface area contributed by atoms with Crippen LogP contribution in [-0.4, -0.2) is 17.3 Å². The lowest BCUT2D eigenvalue weighted by atomic mass is 10.0. The average molecular weight is 244 g/mol. The number of carboxylic acid groups (broad SMARTS) is 1. The molecule has 17 heavy (non-hydrogen) atoms. The van der Waals surface area contributed by atoms with Crippen molar-refractivity contribution < 1.29 is 9.90 Å². The quantitative estimate of drug-likeness (QED) is 0.835. The Balaban J connectivity index is 2.51. The average Bonchev–Trinajstić information content (AvgIpc) is 2.39. The van der Waals surface area contributed by atoms with Crippen molar-refractivity contribution in [2.75, 3.05) is 6.26 Å². The van der Waals surface area contributed by atoms with E-state index in [1.165, 1.54) is 11.8 Å². The van der Waals surface area contributed by atoms with Gasteiger partial charge >= 0.3 is 5.97 Å². The highest BCUT2D eigenvalue weighted by Crippen LogP contribution is 2.27. The number of hydrogen-bond acceptors (Lipinski definition) is 2. The van der Waals surface area contributed by atoms with Crippen LogP contribution in [0.1, 0.15) is 10.4 Å². The molecule has 1 N–H and O–H groups in total. The summed E-state index contributed by atoms with van der Waals surface area (Å²) in [5.41, 5.74) is 2.32. The normalized spacial score (nSPS) is 10.2. The molecule has 0 atom stereocenters. The maximum Gasteiger partial charge on any atom is 0.336 e. The number of rotatable bonds is 3. The predicted octanol–water partition coefficient (Wildman–Crippen LogP) is 3.77. The molecule has 2 aromatic carbocycles. The molecule has 0 aliphatic heterocycles. The SMILES string of the molecule is CSc1ccc(-c2ccccc2)cc1C(=O)O. The van der Waals surface area contributed by atoms with E-state index in [0.717, 1.165) is 16.0 Å². The van der Waals surface area contributed by atoms with E-state index >= 15 is 0 Å². The maximum absolute atomic E-state index is 11.2. The Kier molecular flexibility index (Phi) is 3.49. The highest BCUT2D eigenvalue weighted by atomic mass is 32.2. The lowest BCUT2D eigenvalue weighted by Crippen LogP contribution is -1.99. The van der Waals surface area contributed by atoms with Gasteiger partial charge in [-0.2, -0.15) is 0 Å². The number of thioether (sulfide) groups is 1. The molecule has 0 spiro atoms. The third-order valence-electron chi connectivity index (χ3n) is 2.54. The molecule has 2 nitrogen and oxygen atoms in total. The zero-order chi connectivity index (χ0) is 12.3. The predicted molar refractivity (Wildman–Crippen MR) is 70.6 cm³/mol. The van der Waals surface area contributed by atoms with Crippen LogP contribution in [0.5, 0.6) is 0 Å². The van der Waals surface area contributed by atoms with Crippen molar-refractivity contribution in [2.45, 2.75) is 4.90 Å². The molecule has 0 aliphatic rings. The Labute approximate surface area is 104 Å². The number of carbonyl (C=O) groups is 1. The van der Waals surface area contributed by atoms with Crippen LogP contribution in [0.15, 0.2) is 53.4 Å². The summed E-state index contributed by atoms with van der Waals surface area (Å²) in [7, 11) is 0. The Morgan fingerprint density at radius 1 is 1.06 bits per heavy atom. The fourth-order valence-electron chi connectivity index (χ4n) is 1.69. The zero-order valence-corrected chi connectivity index (χ0v) is 10.2. The van der Waals surface area contributed by atoms with Crippen molar-refractivity contribution >= 4 is 17.7 Å². The molecule has 0 saturated carbocycles. The van der Waals surface area contributed by atoms with Crippen LogP contribution in [0, 0.1) is 0 Å². The second-order valence-electron chi connectivity index (χ2n) is 3.59. The van der Waals surface area contributed by atoms with E-state index in [2.05, 4.69) is 0 Å². The van der Waals surface area contributed by atoms with Gasteiger partial charge < -0.3 is 5.11 Å². The van der Waals surface area contributed by atoms with E-state index in [0.29, 0.717) is 5.56 Å². The molecule has 0 fully saturated rings. The maximum atomic E-state index is 11.2. The van der Waals surface area contributed by atoms with E-state index in [9.17, 15) is 4.79 Å². The lowest BCUT2D eigenvalue weighted by molar-refractivity contribution is 0.0693. The van der Waals surface area contributed by atoms with Gasteiger partial charge in [0.1, 0.15) is 0 Å².